The Kier molecular flexibility index (Phi) is 4.71. The van der Waals surface area contributed by atoms with Crippen LogP contribution in [0.3, 0.4) is 0 Å². The molecule has 1 atom stereocenters. The highest BCUT2D eigenvalue weighted by Crippen LogP contribution is 2.22. The van der Waals surface area contributed by atoms with Crippen LogP contribution >= 0.6 is 11.6 Å². The average Bonchev–Trinajstić information content (AvgIpc) is 2.55. The van der Waals surface area contributed by atoms with Gasteiger partial charge in [0.2, 0.25) is 0 Å². The first-order valence-corrected chi connectivity index (χ1v) is 7.69. The molecule has 0 radical (unpaired) electrons. The standard InChI is InChI=1S/C16H15ClFN3O2/c17-14-9-11(18)4-5-13(14)15(22)21-8-1-3-12(10-21)23-16-19-6-2-7-20-16/h2,4-7,9,12H,1,3,8,10H2/t12-/m0/s1. The Morgan fingerprint density at radius 1 is 1.35 bits per heavy atom. The van der Waals surface area contributed by atoms with Gasteiger partial charge < -0.3 is 9.64 Å². The second-order valence-corrected chi connectivity index (χ2v) is 5.70. The van der Waals surface area contributed by atoms with Crippen LogP contribution in [-0.2, 0) is 0 Å². The molecule has 1 aliphatic heterocycles. The van der Waals surface area contributed by atoms with Crippen molar-refractivity contribution >= 4 is 17.5 Å². The van der Waals surface area contributed by atoms with Crippen molar-refractivity contribution in [2.24, 2.45) is 0 Å². The first kappa shape index (κ1) is 15.7. The zero-order valence-corrected chi connectivity index (χ0v) is 13.0. The summed E-state index contributed by atoms with van der Waals surface area (Å²) in [5, 5.41) is 0.115. The largest absolute Gasteiger partial charge is 0.458 e. The minimum atomic E-state index is -0.465. The lowest BCUT2D eigenvalue weighted by Crippen LogP contribution is -2.44. The van der Waals surface area contributed by atoms with E-state index < -0.39 is 5.82 Å². The van der Waals surface area contributed by atoms with Gasteiger partial charge in [-0.15, -0.1) is 0 Å². The first-order chi connectivity index (χ1) is 11.1. The van der Waals surface area contributed by atoms with Crippen LogP contribution in [0.1, 0.15) is 23.2 Å². The number of piperidine rings is 1. The molecule has 0 bridgehead atoms. The van der Waals surface area contributed by atoms with E-state index in [9.17, 15) is 9.18 Å². The highest BCUT2D eigenvalue weighted by molar-refractivity contribution is 6.33. The number of ether oxygens (including phenoxy) is 1. The summed E-state index contributed by atoms with van der Waals surface area (Å²) in [7, 11) is 0. The molecule has 0 aliphatic carbocycles. The van der Waals surface area contributed by atoms with E-state index in [2.05, 4.69) is 9.97 Å². The Morgan fingerprint density at radius 2 is 2.13 bits per heavy atom. The van der Waals surface area contributed by atoms with E-state index in [0.29, 0.717) is 24.7 Å². The van der Waals surface area contributed by atoms with Crippen LogP contribution < -0.4 is 4.74 Å². The number of benzene rings is 1. The van der Waals surface area contributed by atoms with Crippen LogP contribution in [0.2, 0.25) is 5.02 Å². The summed E-state index contributed by atoms with van der Waals surface area (Å²) in [6.07, 6.45) is 4.66. The molecule has 2 aromatic rings. The summed E-state index contributed by atoms with van der Waals surface area (Å²) in [6, 6.07) is 5.79. The number of carbonyl (C=O) groups excluding carboxylic acids is 1. The van der Waals surface area contributed by atoms with Gasteiger partial charge in [-0.25, -0.2) is 14.4 Å². The van der Waals surface area contributed by atoms with Crippen LogP contribution in [-0.4, -0.2) is 40.0 Å². The van der Waals surface area contributed by atoms with Crippen molar-refractivity contribution < 1.29 is 13.9 Å². The summed E-state index contributed by atoms with van der Waals surface area (Å²) < 4.78 is 18.8. The Labute approximate surface area is 138 Å². The Hall–Kier alpha value is -2.21. The van der Waals surface area contributed by atoms with Gasteiger partial charge in [0, 0.05) is 18.9 Å². The summed E-state index contributed by atoms with van der Waals surface area (Å²) in [6.45, 7) is 1.03. The lowest BCUT2D eigenvalue weighted by atomic mass is 10.1. The molecule has 0 saturated carbocycles. The molecule has 1 saturated heterocycles. The van der Waals surface area contributed by atoms with Crippen molar-refractivity contribution in [3.8, 4) is 6.01 Å². The number of likely N-dealkylation sites (tertiary alicyclic amines) is 1. The quantitative estimate of drug-likeness (QED) is 0.865. The number of nitrogens with zero attached hydrogens (tertiary/aromatic N) is 3. The van der Waals surface area contributed by atoms with E-state index >= 15 is 0 Å². The van der Waals surface area contributed by atoms with Crippen LogP contribution in [0.4, 0.5) is 4.39 Å². The molecule has 0 N–H and O–H groups in total. The molecule has 7 heteroatoms. The molecule has 23 heavy (non-hydrogen) atoms. The molecular formula is C16H15ClFN3O2. The minimum absolute atomic E-state index is 0.115. The third-order valence-electron chi connectivity index (χ3n) is 3.64. The third-order valence-corrected chi connectivity index (χ3v) is 3.95. The smallest absolute Gasteiger partial charge is 0.316 e. The highest BCUT2D eigenvalue weighted by atomic mass is 35.5. The Bertz CT molecular complexity index is 699. The molecule has 1 aromatic carbocycles. The van der Waals surface area contributed by atoms with Gasteiger partial charge in [0.05, 0.1) is 17.1 Å². The van der Waals surface area contributed by atoms with Crippen LogP contribution in [0.15, 0.2) is 36.7 Å². The van der Waals surface area contributed by atoms with Gasteiger partial charge in [-0.2, -0.15) is 0 Å². The molecule has 1 fully saturated rings. The van der Waals surface area contributed by atoms with Gasteiger partial charge >= 0.3 is 6.01 Å². The van der Waals surface area contributed by atoms with Crippen molar-refractivity contribution in [2.45, 2.75) is 18.9 Å². The molecule has 120 valence electrons. The summed E-state index contributed by atoms with van der Waals surface area (Å²) in [5.41, 5.74) is 0.296. The second-order valence-electron chi connectivity index (χ2n) is 5.29. The molecule has 3 rings (SSSR count). The van der Waals surface area contributed by atoms with Gasteiger partial charge in [-0.05, 0) is 37.1 Å². The summed E-state index contributed by atoms with van der Waals surface area (Å²) in [5.74, 6) is -0.690. The summed E-state index contributed by atoms with van der Waals surface area (Å²) in [4.78, 5) is 22.3. The number of rotatable bonds is 3. The first-order valence-electron chi connectivity index (χ1n) is 7.31. The second kappa shape index (κ2) is 6.91. The molecular weight excluding hydrogens is 321 g/mol. The maximum atomic E-state index is 13.1. The van der Waals surface area contributed by atoms with Gasteiger partial charge in [-0.3, -0.25) is 4.79 Å². The lowest BCUT2D eigenvalue weighted by Gasteiger charge is -2.32. The van der Waals surface area contributed by atoms with Crippen molar-refractivity contribution in [1.29, 1.82) is 0 Å². The molecule has 1 aliphatic rings. The Balaban J connectivity index is 1.69. The molecule has 1 amide bonds. The maximum absolute atomic E-state index is 13.1. The van der Waals surface area contributed by atoms with Crippen molar-refractivity contribution in [3.05, 3.63) is 53.1 Å². The lowest BCUT2D eigenvalue weighted by molar-refractivity contribution is 0.0516. The molecule has 0 unspecified atom stereocenters. The molecule has 1 aromatic heterocycles. The van der Waals surface area contributed by atoms with Gasteiger partial charge in [0.15, 0.2) is 0 Å². The minimum Gasteiger partial charge on any atom is -0.458 e. The fourth-order valence-corrected chi connectivity index (χ4v) is 2.80. The number of hydrogen-bond donors (Lipinski definition) is 0. The highest BCUT2D eigenvalue weighted by Gasteiger charge is 2.27. The van der Waals surface area contributed by atoms with E-state index in [-0.39, 0.29) is 17.0 Å². The van der Waals surface area contributed by atoms with Crippen LogP contribution in [0, 0.1) is 5.82 Å². The maximum Gasteiger partial charge on any atom is 0.316 e. The van der Waals surface area contributed by atoms with Crippen LogP contribution in [0.25, 0.3) is 0 Å². The fourth-order valence-electron chi connectivity index (χ4n) is 2.55. The Morgan fingerprint density at radius 3 is 2.87 bits per heavy atom. The monoisotopic (exact) mass is 335 g/mol. The number of carbonyl (C=O) groups is 1. The predicted octanol–water partition coefficient (Wildman–Crippen LogP) is 2.95. The average molecular weight is 336 g/mol. The van der Waals surface area contributed by atoms with E-state index in [1.165, 1.54) is 12.1 Å². The van der Waals surface area contributed by atoms with E-state index in [1.807, 2.05) is 0 Å². The topological polar surface area (TPSA) is 55.3 Å². The number of halogens is 2. The number of hydrogen-bond acceptors (Lipinski definition) is 4. The number of aromatic nitrogens is 2. The van der Waals surface area contributed by atoms with E-state index in [1.54, 1.807) is 23.4 Å². The third kappa shape index (κ3) is 3.76. The zero-order chi connectivity index (χ0) is 16.2. The zero-order valence-electron chi connectivity index (χ0n) is 12.3. The van der Waals surface area contributed by atoms with Gasteiger partial charge in [-0.1, -0.05) is 11.6 Å². The van der Waals surface area contributed by atoms with E-state index in [0.717, 1.165) is 18.9 Å². The van der Waals surface area contributed by atoms with Crippen LogP contribution in [0.5, 0.6) is 6.01 Å². The van der Waals surface area contributed by atoms with Crippen molar-refractivity contribution in [1.82, 2.24) is 14.9 Å². The molecule has 2 heterocycles. The predicted molar refractivity (Wildman–Crippen MR) is 83.0 cm³/mol. The molecule has 0 spiro atoms. The SMILES string of the molecule is O=C(c1ccc(F)cc1Cl)N1CCC[C@H](Oc2ncccn2)C1. The number of amides is 1. The van der Waals surface area contributed by atoms with Crippen molar-refractivity contribution in [3.63, 3.8) is 0 Å². The van der Waals surface area contributed by atoms with Crippen molar-refractivity contribution in [2.75, 3.05) is 13.1 Å². The molecule has 5 nitrogen and oxygen atoms in total. The van der Waals surface area contributed by atoms with Gasteiger partial charge in [0.1, 0.15) is 11.9 Å². The van der Waals surface area contributed by atoms with Gasteiger partial charge in [0.25, 0.3) is 5.91 Å². The van der Waals surface area contributed by atoms with E-state index in [4.69, 9.17) is 16.3 Å². The fraction of sp³-hybridized carbons (Fsp3) is 0.312. The normalized spacial score (nSPS) is 17.8. The summed E-state index contributed by atoms with van der Waals surface area (Å²) >= 11 is 5.97.